The van der Waals surface area contributed by atoms with Crippen LogP contribution in [0.2, 0.25) is 0 Å². The number of amides is 2. The molecular weight excluding hydrogens is 484 g/mol. The molecule has 0 saturated carbocycles. The van der Waals surface area contributed by atoms with Crippen LogP contribution in [0, 0.1) is 6.92 Å². The average Bonchev–Trinajstić information content (AvgIpc) is 3.14. The van der Waals surface area contributed by atoms with E-state index in [1.54, 1.807) is 63.2 Å². The number of hydrogen-bond donors (Lipinski definition) is 3. The molecule has 1 fully saturated rings. The number of aliphatic hydroxyl groups is 1. The molecule has 3 rings (SSSR count). The van der Waals surface area contributed by atoms with Gasteiger partial charge in [0.1, 0.15) is 11.8 Å². The summed E-state index contributed by atoms with van der Waals surface area (Å²) in [6.07, 6.45) is -1.56. The molecule has 3 N–H and O–H groups in total. The minimum absolute atomic E-state index is 0.107. The first-order valence-corrected chi connectivity index (χ1v) is 12.4. The fourth-order valence-corrected chi connectivity index (χ4v) is 5.34. The Hall–Kier alpha value is -3.37. The molecule has 2 aromatic carbocycles. The predicted octanol–water partition coefficient (Wildman–Crippen LogP) is 2.39. The predicted molar refractivity (Wildman–Crippen MR) is 135 cm³/mol. The minimum Gasteiger partial charge on any atom is -0.480 e. The van der Waals surface area contributed by atoms with Crippen LogP contribution in [-0.4, -0.2) is 67.7 Å². The van der Waals surface area contributed by atoms with Crippen molar-refractivity contribution in [2.75, 3.05) is 5.88 Å². The number of carbonyl (C=O) groups excluding carboxylic acids is 3. The summed E-state index contributed by atoms with van der Waals surface area (Å²) in [7, 11) is 0. The normalized spacial score (nSPS) is 18.2. The molecule has 1 saturated heterocycles. The van der Waals surface area contributed by atoms with Crippen LogP contribution >= 0.6 is 11.8 Å². The van der Waals surface area contributed by atoms with Gasteiger partial charge >= 0.3 is 11.9 Å². The Bertz CT molecular complexity index is 1150. The number of nitrogens with one attached hydrogen (secondary N) is 1. The third-order valence-electron chi connectivity index (χ3n) is 6.09. The Balaban J connectivity index is 1.89. The third-order valence-corrected chi connectivity index (χ3v) is 7.47. The Morgan fingerprint density at radius 3 is 2.42 bits per heavy atom. The standard InChI is InChI=1S/C26H30N2O7S/c1-15-18(11-8-12-20(15)35-16(2)29)23(31)27-19(13-17-9-6-5-7-10-17)21(30)24(32)28-14-36-26(3,4)22(28)25(33)34/h5-12,19,21-22,30H,13-14H2,1-4H3,(H,27,31)(H,33,34)/t19-,21-,22+/m0/s1. The molecule has 0 bridgehead atoms. The van der Waals surface area contributed by atoms with E-state index >= 15 is 0 Å². The molecule has 3 atom stereocenters. The van der Waals surface area contributed by atoms with Crippen molar-refractivity contribution < 1.29 is 34.1 Å². The maximum Gasteiger partial charge on any atom is 0.327 e. The van der Waals surface area contributed by atoms with Gasteiger partial charge in [0.25, 0.3) is 11.8 Å². The molecular formula is C26H30N2O7S. The SMILES string of the molecule is CC(=O)Oc1cccc(C(=O)N[C@@H](Cc2ccccc2)[C@H](O)C(=O)N2CSC(C)(C)[C@H]2C(=O)O)c1C. The highest BCUT2D eigenvalue weighted by atomic mass is 32.2. The van der Waals surface area contributed by atoms with E-state index in [1.165, 1.54) is 18.7 Å². The van der Waals surface area contributed by atoms with Crippen molar-refractivity contribution in [2.24, 2.45) is 0 Å². The topological polar surface area (TPSA) is 133 Å². The molecule has 9 nitrogen and oxygen atoms in total. The zero-order valence-electron chi connectivity index (χ0n) is 20.6. The summed E-state index contributed by atoms with van der Waals surface area (Å²) >= 11 is 1.31. The van der Waals surface area contributed by atoms with Crippen molar-refractivity contribution in [1.82, 2.24) is 10.2 Å². The monoisotopic (exact) mass is 514 g/mol. The summed E-state index contributed by atoms with van der Waals surface area (Å²) in [4.78, 5) is 51.0. The van der Waals surface area contributed by atoms with Crippen LogP contribution in [0.15, 0.2) is 48.5 Å². The van der Waals surface area contributed by atoms with Crippen LogP contribution < -0.4 is 10.1 Å². The van der Waals surface area contributed by atoms with E-state index in [0.29, 0.717) is 5.56 Å². The van der Waals surface area contributed by atoms with Gasteiger partial charge in [-0.05, 0) is 44.9 Å². The Kier molecular flexibility index (Phi) is 8.42. The van der Waals surface area contributed by atoms with E-state index < -0.39 is 46.7 Å². The molecule has 2 aromatic rings. The molecule has 0 unspecified atom stereocenters. The smallest absolute Gasteiger partial charge is 0.327 e. The van der Waals surface area contributed by atoms with Gasteiger partial charge in [0.2, 0.25) is 0 Å². The lowest BCUT2D eigenvalue weighted by molar-refractivity contribution is -0.154. The summed E-state index contributed by atoms with van der Waals surface area (Å²) in [6.45, 7) is 6.35. The molecule has 1 aliphatic heterocycles. The van der Waals surface area contributed by atoms with Crippen LogP contribution in [-0.2, 0) is 20.8 Å². The number of rotatable bonds is 8. The van der Waals surface area contributed by atoms with E-state index in [1.807, 2.05) is 6.07 Å². The van der Waals surface area contributed by atoms with Gasteiger partial charge in [-0.2, -0.15) is 0 Å². The molecule has 0 spiro atoms. The summed E-state index contributed by atoms with van der Waals surface area (Å²) in [5.41, 5.74) is 1.41. The lowest BCUT2D eigenvalue weighted by Crippen LogP contribution is -2.57. The number of aliphatic hydroxyl groups excluding tert-OH is 1. The Morgan fingerprint density at radius 2 is 1.81 bits per heavy atom. The van der Waals surface area contributed by atoms with Crippen molar-refractivity contribution in [2.45, 2.75) is 57.1 Å². The molecule has 10 heteroatoms. The highest BCUT2D eigenvalue weighted by Gasteiger charge is 2.50. The van der Waals surface area contributed by atoms with Gasteiger partial charge in [-0.1, -0.05) is 36.4 Å². The lowest BCUT2D eigenvalue weighted by atomic mass is 9.97. The van der Waals surface area contributed by atoms with Gasteiger partial charge in [0, 0.05) is 22.8 Å². The van der Waals surface area contributed by atoms with Crippen LogP contribution in [0.5, 0.6) is 5.75 Å². The van der Waals surface area contributed by atoms with E-state index in [-0.39, 0.29) is 23.6 Å². The zero-order valence-corrected chi connectivity index (χ0v) is 21.4. The first-order chi connectivity index (χ1) is 16.9. The first kappa shape index (κ1) is 27.2. The molecule has 1 aliphatic rings. The number of nitrogens with zero attached hydrogens (tertiary/aromatic N) is 1. The molecule has 0 radical (unpaired) electrons. The second-order valence-electron chi connectivity index (χ2n) is 9.16. The fourth-order valence-electron chi connectivity index (χ4n) is 4.21. The van der Waals surface area contributed by atoms with Crippen molar-refractivity contribution in [3.05, 3.63) is 65.2 Å². The number of carboxylic acid groups (broad SMARTS) is 1. The van der Waals surface area contributed by atoms with Crippen molar-refractivity contribution in [3.8, 4) is 5.75 Å². The number of benzene rings is 2. The average molecular weight is 515 g/mol. The third kappa shape index (κ3) is 6.06. The van der Waals surface area contributed by atoms with E-state index in [4.69, 9.17) is 4.74 Å². The molecule has 1 heterocycles. The number of carboxylic acids is 1. The maximum atomic E-state index is 13.3. The maximum absolute atomic E-state index is 13.3. The molecule has 0 aromatic heterocycles. The Labute approximate surface area is 213 Å². The molecule has 0 aliphatic carbocycles. The molecule has 2 amide bonds. The van der Waals surface area contributed by atoms with Gasteiger partial charge in [0.15, 0.2) is 6.10 Å². The highest BCUT2D eigenvalue weighted by molar-refractivity contribution is 8.00. The van der Waals surface area contributed by atoms with E-state index in [9.17, 15) is 29.4 Å². The largest absolute Gasteiger partial charge is 0.480 e. The number of hydrogen-bond acceptors (Lipinski definition) is 7. The second kappa shape index (κ2) is 11.1. The number of ether oxygens (including phenoxy) is 1. The minimum atomic E-state index is -1.69. The van der Waals surface area contributed by atoms with Crippen molar-refractivity contribution in [1.29, 1.82) is 0 Å². The molecule has 192 valence electrons. The van der Waals surface area contributed by atoms with Gasteiger partial charge in [-0.3, -0.25) is 14.4 Å². The molecule has 36 heavy (non-hydrogen) atoms. The first-order valence-electron chi connectivity index (χ1n) is 11.4. The summed E-state index contributed by atoms with van der Waals surface area (Å²) in [5.74, 6) is -2.69. The van der Waals surface area contributed by atoms with Crippen molar-refractivity contribution in [3.63, 3.8) is 0 Å². The fraction of sp³-hybridized carbons (Fsp3) is 0.385. The van der Waals surface area contributed by atoms with Gasteiger partial charge in [0.05, 0.1) is 11.9 Å². The summed E-state index contributed by atoms with van der Waals surface area (Å²) in [5, 5.41) is 23.6. The Morgan fingerprint density at radius 1 is 1.14 bits per heavy atom. The second-order valence-corrected chi connectivity index (χ2v) is 10.8. The van der Waals surface area contributed by atoms with Gasteiger partial charge in [-0.25, -0.2) is 4.79 Å². The summed E-state index contributed by atoms with van der Waals surface area (Å²) in [6, 6.07) is 11.5. The highest BCUT2D eigenvalue weighted by Crippen LogP contribution is 2.39. The van der Waals surface area contributed by atoms with Crippen LogP contribution in [0.1, 0.15) is 42.3 Å². The number of aliphatic carboxylic acids is 1. The van der Waals surface area contributed by atoms with E-state index in [0.717, 1.165) is 10.5 Å². The zero-order chi connectivity index (χ0) is 26.6. The van der Waals surface area contributed by atoms with Crippen LogP contribution in [0.3, 0.4) is 0 Å². The number of esters is 1. The summed E-state index contributed by atoms with van der Waals surface area (Å²) < 4.78 is 4.41. The number of thioether (sulfide) groups is 1. The van der Waals surface area contributed by atoms with Crippen LogP contribution in [0.4, 0.5) is 0 Å². The van der Waals surface area contributed by atoms with E-state index in [2.05, 4.69) is 5.32 Å². The van der Waals surface area contributed by atoms with Gasteiger partial charge in [-0.15, -0.1) is 11.8 Å². The van der Waals surface area contributed by atoms with Crippen LogP contribution in [0.25, 0.3) is 0 Å². The lowest BCUT2D eigenvalue weighted by Gasteiger charge is -2.31. The van der Waals surface area contributed by atoms with Gasteiger partial charge < -0.3 is 25.2 Å². The number of carbonyl (C=O) groups is 4. The van der Waals surface area contributed by atoms with Crippen molar-refractivity contribution >= 4 is 35.5 Å². The quantitative estimate of drug-likeness (QED) is 0.361.